The van der Waals surface area contributed by atoms with E-state index in [-0.39, 0.29) is 12.8 Å². The minimum atomic E-state index is -1.51. The fourth-order valence-electron chi connectivity index (χ4n) is 3.64. The molecule has 1 rings (SSSR count). The number of aliphatic hydroxyl groups excluding tert-OH is 4. The van der Waals surface area contributed by atoms with Gasteiger partial charge in [-0.15, -0.1) is 0 Å². The lowest BCUT2D eigenvalue weighted by atomic mass is 9.98. The lowest BCUT2D eigenvalue weighted by molar-refractivity contribution is -0.312. The molecule has 0 aromatic carbocycles. The number of ether oxygens (including phenoxy) is 5. The zero-order valence-corrected chi connectivity index (χ0v) is 21.4. The van der Waals surface area contributed by atoms with Gasteiger partial charge in [0.25, 0.3) is 0 Å². The summed E-state index contributed by atoms with van der Waals surface area (Å²) in [7, 11) is 0. The summed E-state index contributed by atoms with van der Waals surface area (Å²) in [6, 6.07) is 0. The Labute approximate surface area is 211 Å². The number of hydrogen-bond donors (Lipinski definition) is 4. The molecule has 1 saturated heterocycles. The van der Waals surface area contributed by atoms with E-state index in [4.69, 9.17) is 28.8 Å². The molecule has 1 heterocycles. The van der Waals surface area contributed by atoms with Crippen molar-refractivity contribution in [3.05, 3.63) is 0 Å². The van der Waals surface area contributed by atoms with Crippen molar-refractivity contribution in [1.82, 2.24) is 0 Å². The lowest BCUT2D eigenvalue weighted by Gasteiger charge is -2.44. The summed E-state index contributed by atoms with van der Waals surface area (Å²) in [5.74, 6) is -1.98. The van der Waals surface area contributed by atoms with Gasteiger partial charge in [-0.2, -0.15) is 0 Å². The second-order valence-electron chi connectivity index (χ2n) is 8.77. The van der Waals surface area contributed by atoms with Crippen LogP contribution in [0.15, 0.2) is 0 Å². The van der Waals surface area contributed by atoms with Crippen molar-refractivity contribution in [2.45, 2.75) is 115 Å². The number of hydrogen-bond acceptors (Lipinski definition) is 12. The first kappa shape index (κ1) is 32.2. The van der Waals surface area contributed by atoms with E-state index in [1.165, 1.54) is 0 Å². The standard InChI is InChI=1S/C24H42O12/c1-4-6-8-10-19(30)35-22-21(33-15(3)27)18(13-26)34-24(32-14-17(29)16(28)12-25)23(22)36-20(31)11-9-7-5-2/h16-18,21-26,28-29H,4-14H2,1-3H3/t16-,17+,18+,21+,22-,23-,24+/m0/s1. The maximum atomic E-state index is 12.6. The normalized spacial score (nSPS) is 25.6. The molecule has 7 atom stereocenters. The molecule has 1 aliphatic heterocycles. The maximum absolute atomic E-state index is 12.6. The minimum absolute atomic E-state index is 0.0712. The Hall–Kier alpha value is -1.83. The number of carbonyl (C=O) groups excluding carboxylic acids is 3. The molecule has 0 aliphatic carbocycles. The molecule has 0 amide bonds. The first-order valence-corrected chi connectivity index (χ1v) is 12.6. The van der Waals surface area contributed by atoms with Crippen molar-refractivity contribution < 1.29 is 58.5 Å². The molecule has 12 heteroatoms. The maximum Gasteiger partial charge on any atom is 0.306 e. The van der Waals surface area contributed by atoms with E-state index >= 15 is 0 Å². The van der Waals surface area contributed by atoms with E-state index in [0.717, 1.165) is 32.6 Å². The third-order valence-electron chi connectivity index (χ3n) is 5.64. The second-order valence-corrected chi connectivity index (χ2v) is 8.77. The summed E-state index contributed by atoms with van der Waals surface area (Å²) >= 11 is 0. The van der Waals surface area contributed by atoms with Gasteiger partial charge in [-0.3, -0.25) is 14.4 Å². The molecule has 0 unspecified atom stereocenters. The number of carbonyl (C=O) groups is 3. The van der Waals surface area contributed by atoms with Gasteiger partial charge in [0, 0.05) is 19.8 Å². The van der Waals surface area contributed by atoms with Gasteiger partial charge >= 0.3 is 17.9 Å². The van der Waals surface area contributed by atoms with Gasteiger partial charge < -0.3 is 44.1 Å². The molecular weight excluding hydrogens is 480 g/mol. The molecule has 0 aromatic rings. The Morgan fingerprint density at radius 2 is 1.36 bits per heavy atom. The molecule has 0 spiro atoms. The highest BCUT2D eigenvalue weighted by Gasteiger charge is 2.52. The summed E-state index contributed by atoms with van der Waals surface area (Å²) in [4.78, 5) is 37.0. The highest BCUT2D eigenvalue weighted by atomic mass is 16.7. The first-order chi connectivity index (χ1) is 17.2. The lowest BCUT2D eigenvalue weighted by Crippen LogP contribution is -2.63. The fraction of sp³-hybridized carbons (Fsp3) is 0.875. The molecule has 12 nitrogen and oxygen atoms in total. The van der Waals surface area contributed by atoms with Gasteiger partial charge in [-0.05, 0) is 12.8 Å². The van der Waals surface area contributed by atoms with E-state index in [2.05, 4.69) is 0 Å². The molecule has 1 aliphatic rings. The van der Waals surface area contributed by atoms with Crippen LogP contribution in [0, 0.1) is 0 Å². The average molecular weight is 523 g/mol. The predicted octanol–water partition coefficient (Wildman–Crippen LogP) is 0.350. The molecule has 0 radical (unpaired) electrons. The molecule has 0 saturated carbocycles. The van der Waals surface area contributed by atoms with Crippen LogP contribution in [0.4, 0.5) is 0 Å². The number of unbranched alkanes of at least 4 members (excludes halogenated alkanes) is 4. The van der Waals surface area contributed by atoms with E-state index in [1.54, 1.807) is 0 Å². The number of aliphatic hydroxyl groups is 4. The monoisotopic (exact) mass is 522 g/mol. The quantitative estimate of drug-likeness (QED) is 0.117. The smallest absolute Gasteiger partial charge is 0.306 e. The van der Waals surface area contributed by atoms with E-state index in [1.807, 2.05) is 13.8 Å². The van der Waals surface area contributed by atoms with Crippen LogP contribution < -0.4 is 0 Å². The molecule has 1 fully saturated rings. The summed E-state index contributed by atoms with van der Waals surface area (Å²) < 4.78 is 27.7. The Kier molecular flexibility index (Phi) is 15.7. The van der Waals surface area contributed by atoms with Crippen molar-refractivity contribution >= 4 is 17.9 Å². The predicted molar refractivity (Wildman–Crippen MR) is 124 cm³/mol. The fourth-order valence-corrected chi connectivity index (χ4v) is 3.64. The SMILES string of the molecule is CCCCCC(=O)O[C@@H]1[C@H](OC(=O)CCCCC)[C@H](OC[C@@H](O)[C@@H](O)CO)O[C@H](CO)[C@H]1OC(C)=O. The Morgan fingerprint density at radius 3 is 1.83 bits per heavy atom. The van der Waals surface area contributed by atoms with Crippen LogP contribution in [0.5, 0.6) is 0 Å². The summed E-state index contributed by atoms with van der Waals surface area (Å²) in [6.45, 7) is 3.17. The van der Waals surface area contributed by atoms with Gasteiger partial charge in [0.05, 0.1) is 19.8 Å². The third-order valence-corrected chi connectivity index (χ3v) is 5.64. The van der Waals surface area contributed by atoms with Crippen molar-refractivity contribution in [3.8, 4) is 0 Å². The van der Waals surface area contributed by atoms with Crippen LogP contribution in [0.2, 0.25) is 0 Å². The topological polar surface area (TPSA) is 178 Å². The zero-order valence-electron chi connectivity index (χ0n) is 21.4. The van der Waals surface area contributed by atoms with Crippen LogP contribution in [0.25, 0.3) is 0 Å². The first-order valence-electron chi connectivity index (χ1n) is 12.6. The van der Waals surface area contributed by atoms with E-state index in [0.29, 0.717) is 12.8 Å². The van der Waals surface area contributed by atoms with Crippen LogP contribution in [-0.4, -0.2) is 101 Å². The van der Waals surface area contributed by atoms with Crippen LogP contribution in [-0.2, 0) is 38.1 Å². The van der Waals surface area contributed by atoms with Crippen LogP contribution in [0.3, 0.4) is 0 Å². The van der Waals surface area contributed by atoms with Crippen molar-refractivity contribution in [3.63, 3.8) is 0 Å². The van der Waals surface area contributed by atoms with Crippen molar-refractivity contribution in [2.24, 2.45) is 0 Å². The third kappa shape index (κ3) is 11.1. The van der Waals surface area contributed by atoms with E-state index in [9.17, 15) is 29.7 Å². The Morgan fingerprint density at radius 1 is 0.806 bits per heavy atom. The Bertz CT molecular complexity index is 657. The molecule has 0 aromatic heterocycles. The summed E-state index contributed by atoms with van der Waals surface area (Å²) in [5.41, 5.74) is 0. The van der Waals surface area contributed by atoms with Crippen molar-refractivity contribution in [1.29, 1.82) is 0 Å². The average Bonchev–Trinajstić information content (AvgIpc) is 2.84. The molecule has 36 heavy (non-hydrogen) atoms. The van der Waals surface area contributed by atoms with Gasteiger partial charge in [-0.1, -0.05) is 39.5 Å². The molecule has 4 N–H and O–H groups in total. The summed E-state index contributed by atoms with van der Waals surface area (Å²) in [5, 5.41) is 38.5. The highest BCUT2D eigenvalue weighted by Crippen LogP contribution is 2.30. The molecular formula is C24H42O12. The van der Waals surface area contributed by atoms with Crippen LogP contribution in [0.1, 0.15) is 72.1 Å². The van der Waals surface area contributed by atoms with Gasteiger partial charge in [0.2, 0.25) is 0 Å². The molecule has 210 valence electrons. The summed E-state index contributed by atoms with van der Waals surface area (Å²) in [6.07, 6.45) is -5.12. The van der Waals surface area contributed by atoms with Gasteiger partial charge in [0.15, 0.2) is 24.6 Å². The minimum Gasteiger partial charge on any atom is -0.456 e. The molecule has 0 bridgehead atoms. The number of esters is 3. The largest absolute Gasteiger partial charge is 0.456 e. The number of rotatable bonds is 17. The van der Waals surface area contributed by atoms with Crippen LogP contribution >= 0.6 is 0 Å². The second kappa shape index (κ2) is 17.6. The van der Waals surface area contributed by atoms with Gasteiger partial charge in [-0.25, -0.2) is 0 Å². The highest BCUT2D eigenvalue weighted by molar-refractivity contribution is 5.71. The van der Waals surface area contributed by atoms with Gasteiger partial charge in [0.1, 0.15) is 18.3 Å². The van der Waals surface area contributed by atoms with Crippen molar-refractivity contribution in [2.75, 3.05) is 19.8 Å². The van der Waals surface area contributed by atoms with E-state index < -0.39 is 80.6 Å². The zero-order chi connectivity index (χ0) is 27.1. The Balaban J connectivity index is 3.23.